The zero-order valence-corrected chi connectivity index (χ0v) is 52.9. The van der Waals surface area contributed by atoms with Gasteiger partial charge in [-0.3, -0.25) is 4.57 Å². The lowest BCUT2D eigenvalue weighted by Crippen LogP contribution is -2.30. The average Bonchev–Trinajstić information content (AvgIpc) is 1.53. The van der Waals surface area contributed by atoms with Gasteiger partial charge in [-0.1, -0.05) is 256 Å². The van der Waals surface area contributed by atoms with Gasteiger partial charge in [-0.15, -0.1) is 0 Å². The zero-order chi connectivity index (χ0) is 61.7. The largest absolute Gasteiger partial charge is 0.457 e. The number of hydrogen-bond acceptors (Lipinski definition) is 4. The Morgan fingerprint density at radius 3 is 1.49 bits per heavy atom. The normalized spacial score (nSPS) is 13.6. The molecular weight excluding hydrogens is 1090 g/mol. The van der Waals surface area contributed by atoms with Gasteiger partial charge in [0.15, 0.2) is 0 Å². The van der Waals surface area contributed by atoms with E-state index in [2.05, 4.69) is 344 Å². The fourth-order valence-corrected chi connectivity index (χ4v) is 14.2. The van der Waals surface area contributed by atoms with Gasteiger partial charge in [0.05, 0.1) is 33.5 Å². The lowest BCUT2D eigenvalue weighted by atomic mass is 9.67. The minimum atomic E-state index is -0.761. The summed E-state index contributed by atoms with van der Waals surface area (Å²) in [6, 6.07) is 98.9. The van der Waals surface area contributed by atoms with Crippen LogP contribution in [0.1, 0.15) is 101 Å². The molecule has 2 aliphatic rings. The second kappa shape index (κ2) is 21.5. The van der Waals surface area contributed by atoms with Crippen LogP contribution in [0.25, 0.3) is 72.1 Å². The first-order valence-corrected chi connectivity index (χ1v) is 31.7. The van der Waals surface area contributed by atoms with E-state index in [1.807, 2.05) is 6.20 Å². The van der Waals surface area contributed by atoms with E-state index in [4.69, 9.17) is 9.72 Å². The highest BCUT2D eigenvalue weighted by atomic mass is 16.5. The Kier molecular flexibility index (Phi) is 13.5. The second-order valence-corrected chi connectivity index (χ2v) is 27.6. The van der Waals surface area contributed by atoms with Gasteiger partial charge >= 0.3 is 0 Å². The van der Waals surface area contributed by atoms with Gasteiger partial charge in [0.2, 0.25) is 0 Å². The van der Waals surface area contributed by atoms with Gasteiger partial charge in [-0.05, 0) is 144 Å². The number of para-hydroxylation sites is 3. The molecule has 1 aliphatic heterocycles. The molecule has 0 atom stereocenters. The van der Waals surface area contributed by atoms with E-state index in [1.165, 1.54) is 66.8 Å². The molecule has 440 valence electrons. The van der Waals surface area contributed by atoms with Crippen LogP contribution in [-0.2, 0) is 21.7 Å². The van der Waals surface area contributed by atoms with Gasteiger partial charge in [0.25, 0.3) is 0 Å². The van der Waals surface area contributed by atoms with Crippen LogP contribution in [0.3, 0.4) is 0 Å². The van der Waals surface area contributed by atoms with Crippen LogP contribution < -0.4 is 14.5 Å². The van der Waals surface area contributed by atoms with Crippen molar-refractivity contribution in [3.63, 3.8) is 0 Å². The highest BCUT2D eigenvalue weighted by Gasteiger charge is 2.47. The van der Waals surface area contributed by atoms with Gasteiger partial charge < -0.3 is 14.5 Å². The number of ether oxygens (including phenoxy) is 1. The first-order chi connectivity index (χ1) is 43.5. The standard InChI is InChI=1S/C85H74N4O/c1-82(2,3)59-41-43-60(44-42-59)85(73-36-22-19-33-66(73)67-34-20-23-37-74(67)85)63-47-64(87-55-88(77-40-26-25-39-76(77)87)81-70(57-29-15-11-16-30-57)49-62(84(7,8)9)50-71(81)58-31-17-12-18-32-58)52-65(48-63)90-79-54-78-72(53-69(79)56-27-13-10-14-28-56)68-35-21-24-38-75(68)89(78)80-51-61(45-46-86-80)83(4,5)6/h10-54H,55H2,1-9H3. The number of nitrogens with zero attached hydrogens (tertiary/aromatic N) is 4. The van der Waals surface area contributed by atoms with Crippen molar-refractivity contribution in [3.05, 3.63) is 312 Å². The predicted molar refractivity (Wildman–Crippen MR) is 377 cm³/mol. The van der Waals surface area contributed by atoms with Crippen molar-refractivity contribution in [2.45, 2.75) is 84.0 Å². The smallest absolute Gasteiger partial charge is 0.137 e. The second-order valence-electron chi connectivity index (χ2n) is 27.6. The Bertz CT molecular complexity index is 4780. The monoisotopic (exact) mass is 1170 g/mol. The molecule has 0 unspecified atom stereocenters. The molecule has 0 saturated heterocycles. The molecule has 2 aromatic heterocycles. The maximum Gasteiger partial charge on any atom is 0.137 e. The third kappa shape index (κ3) is 9.49. The number of hydrogen-bond donors (Lipinski definition) is 0. The molecule has 0 radical (unpaired) electrons. The number of anilines is 4. The van der Waals surface area contributed by atoms with Crippen LogP contribution >= 0.6 is 0 Å². The molecule has 90 heavy (non-hydrogen) atoms. The van der Waals surface area contributed by atoms with E-state index in [1.54, 1.807) is 0 Å². The molecule has 13 aromatic rings. The summed E-state index contributed by atoms with van der Waals surface area (Å²) in [6.45, 7) is 21.2. The molecule has 0 fully saturated rings. The van der Waals surface area contributed by atoms with Crippen molar-refractivity contribution in [2.24, 2.45) is 0 Å². The summed E-state index contributed by atoms with van der Waals surface area (Å²) in [5, 5.41) is 2.28. The quantitative estimate of drug-likeness (QED) is 0.137. The first kappa shape index (κ1) is 56.3. The van der Waals surface area contributed by atoms with Crippen molar-refractivity contribution >= 4 is 44.6 Å². The van der Waals surface area contributed by atoms with E-state index in [0.717, 1.165) is 78.6 Å². The number of fused-ring (bicyclic) bond motifs is 7. The third-order valence-electron chi connectivity index (χ3n) is 18.9. The van der Waals surface area contributed by atoms with Gasteiger partial charge in [0, 0.05) is 51.5 Å². The van der Waals surface area contributed by atoms with E-state index in [0.29, 0.717) is 6.67 Å². The van der Waals surface area contributed by atoms with Crippen molar-refractivity contribution < 1.29 is 4.74 Å². The van der Waals surface area contributed by atoms with Gasteiger partial charge in [-0.25, -0.2) is 4.98 Å². The number of rotatable bonds is 10. The zero-order valence-electron chi connectivity index (χ0n) is 52.9. The molecule has 11 aromatic carbocycles. The summed E-state index contributed by atoms with van der Waals surface area (Å²) in [5.41, 5.74) is 23.3. The number of pyridine rings is 1. The lowest BCUT2D eigenvalue weighted by Gasteiger charge is -2.35. The summed E-state index contributed by atoms with van der Waals surface area (Å²) < 4.78 is 10.2. The van der Waals surface area contributed by atoms with Crippen LogP contribution in [0.5, 0.6) is 11.5 Å². The maximum atomic E-state index is 7.88. The molecule has 0 N–H and O–H groups in total. The Labute approximate surface area is 530 Å². The molecule has 5 nitrogen and oxygen atoms in total. The van der Waals surface area contributed by atoms with Gasteiger partial charge in [-0.2, -0.15) is 0 Å². The molecular formula is C85H74N4O. The van der Waals surface area contributed by atoms with Crippen LogP contribution in [0.4, 0.5) is 22.7 Å². The molecule has 0 bridgehead atoms. The fraction of sp³-hybridized carbons (Fsp3) is 0.165. The van der Waals surface area contributed by atoms with Crippen molar-refractivity contribution in [1.82, 2.24) is 9.55 Å². The Balaban J connectivity index is 1.01. The molecule has 0 spiro atoms. The van der Waals surface area contributed by atoms with Crippen LogP contribution in [0.15, 0.2) is 273 Å². The summed E-state index contributed by atoms with van der Waals surface area (Å²) in [7, 11) is 0. The predicted octanol–water partition coefficient (Wildman–Crippen LogP) is 22.5. The van der Waals surface area contributed by atoms with Crippen molar-refractivity contribution in [1.29, 1.82) is 0 Å². The molecule has 0 saturated carbocycles. The average molecular weight is 1170 g/mol. The molecule has 5 heteroatoms. The van der Waals surface area contributed by atoms with E-state index in [-0.39, 0.29) is 16.2 Å². The van der Waals surface area contributed by atoms with Crippen LogP contribution in [0, 0.1) is 0 Å². The highest BCUT2D eigenvalue weighted by molar-refractivity contribution is 6.11. The Morgan fingerprint density at radius 2 is 0.900 bits per heavy atom. The Morgan fingerprint density at radius 1 is 0.378 bits per heavy atom. The van der Waals surface area contributed by atoms with E-state index < -0.39 is 5.41 Å². The van der Waals surface area contributed by atoms with Crippen molar-refractivity contribution in [2.75, 3.05) is 16.5 Å². The minimum absolute atomic E-state index is 0.0460. The molecule has 15 rings (SSSR count). The Hall–Kier alpha value is -10.2. The summed E-state index contributed by atoms with van der Waals surface area (Å²) in [6.07, 6.45) is 1.95. The minimum Gasteiger partial charge on any atom is -0.457 e. The van der Waals surface area contributed by atoms with E-state index >= 15 is 0 Å². The highest BCUT2D eigenvalue weighted by Crippen LogP contribution is 2.59. The summed E-state index contributed by atoms with van der Waals surface area (Å²) in [5.74, 6) is 2.33. The number of aromatic nitrogens is 2. The van der Waals surface area contributed by atoms with E-state index in [9.17, 15) is 0 Å². The van der Waals surface area contributed by atoms with Gasteiger partial charge in [0.1, 0.15) is 24.0 Å². The third-order valence-corrected chi connectivity index (χ3v) is 18.9. The molecule has 1 aliphatic carbocycles. The van der Waals surface area contributed by atoms with Crippen LogP contribution in [-0.4, -0.2) is 16.2 Å². The molecule has 0 amide bonds. The first-order valence-electron chi connectivity index (χ1n) is 31.7. The molecule has 3 heterocycles. The summed E-state index contributed by atoms with van der Waals surface area (Å²) in [4.78, 5) is 10.2. The maximum absolute atomic E-state index is 7.88. The topological polar surface area (TPSA) is 33.5 Å². The lowest BCUT2D eigenvalue weighted by molar-refractivity contribution is 0.483. The number of benzene rings is 11. The van der Waals surface area contributed by atoms with Crippen LogP contribution in [0.2, 0.25) is 0 Å². The fourth-order valence-electron chi connectivity index (χ4n) is 14.2. The summed E-state index contributed by atoms with van der Waals surface area (Å²) >= 11 is 0. The SMILES string of the molecule is CC(C)(C)c1ccc(C2(c3cc(Oc4cc5c(cc4-c4ccccc4)c4ccccc4n5-c4cc(C(C)(C)C)ccn4)cc(N4CN(c5c(-c6ccccc6)cc(C(C)(C)C)cc5-c5ccccc5)c5ccccc54)c3)c3ccccc3-c3ccccc32)cc1. The van der Waals surface area contributed by atoms with Crippen molar-refractivity contribution in [3.8, 4) is 61.8 Å².